The maximum Gasteiger partial charge on any atom is 0.397 e. The lowest BCUT2D eigenvalue weighted by Gasteiger charge is -2.09. The fourth-order valence-electron chi connectivity index (χ4n) is 1.24. The summed E-state index contributed by atoms with van der Waals surface area (Å²) in [5, 5.41) is 10.5. The van der Waals surface area contributed by atoms with Crippen molar-refractivity contribution in [3.8, 4) is 11.8 Å². The molecular weight excluding hydrogens is 266 g/mol. The van der Waals surface area contributed by atoms with Gasteiger partial charge in [0.2, 0.25) is 5.91 Å². The number of aliphatic hydroxyl groups excluding tert-OH is 1. The maximum absolute atomic E-state index is 13.0. The molecule has 1 amide bonds. The SMILES string of the molecule is O=C(CC(F)(F)F)Nc1ccc(F)cc1C#CCO. The van der Waals surface area contributed by atoms with Gasteiger partial charge in [0.25, 0.3) is 0 Å². The number of rotatable bonds is 2. The molecule has 1 aromatic rings. The summed E-state index contributed by atoms with van der Waals surface area (Å²) in [5.74, 6) is 2.63. The van der Waals surface area contributed by atoms with Crippen molar-refractivity contribution in [3.05, 3.63) is 29.6 Å². The molecule has 1 aromatic carbocycles. The first-order valence-electron chi connectivity index (χ1n) is 5.07. The van der Waals surface area contributed by atoms with E-state index in [-0.39, 0.29) is 11.3 Å². The van der Waals surface area contributed by atoms with E-state index in [1.54, 1.807) is 0 Å². The molecule has 0 aliphatic heterocycles. The number of hydrogen-bond donors (Lipinski definition) is 2. The van der Waals surface area contributed by atoms with Gasteiger partial charge in [0, 0.05) is 0 Å². The molecular formula is C12H9F4NO2. The molecule has 3 nitrogen and oxygen atoms in total. The number of amides is 1. The molecule has 0 unspecified atom stereocenters. The Morgan fingerprint density at radius 2 is 2.05 bits per heavy atom. The summed E-state index contributed by atoms with van der Waals surface area (Å²) in [4.78, 5) is 11.1. The van der Waals surface area contributed by atoms with Crippen LogP contribution in [0.15, 0.2) is 18.2 Å². The lowest BCUT2D eigenvalue weighted by atomic mass is 10.1. The Morgan fingerprint density at radius 1 is 1.37 bits per heavy atom. The summed E-state index contributed by atoms with van der Waals surface area (Å²) in [7, 11) is 0. The minimum absolute atomic E-state index is 0.00965. The highest BCUT2D eigenvalue weighted by molar-refractivity contribution is 5.92. The summed E-state index contributed by atoms with van der Waals surface area (Å²) in [6, 6.07) is 3.03. The summed E-state index contributed by atoms with van der Waals surface area (Å²) < 4.78 is 48.9. The lowest BCUT2D eigenvalue weighted by molar-refractivity contribution is -0.150. The van der Waals surface area contributed by atoms with Crippen LogP contribution in [-0.4, -0.2) is 23.8 Å². The predicted molar refractivity (Wildman–Crippen MR) is 59.7 cm³/mol. The first kappa shape index (κ1) is 15.0. The molecule has 19 heavy (non-hydrogen) atoms. The van der Waals surface area contributed by atoms with Crippen LogP contribution in [0.5, 0.6) is 0 Å². The second-order valence-corrected chi connectivity index (χ2v) is 3.49. The zero-order valence-electron chi connectivity index (χ0n) is 9.51. The van der Waals surface area contributed by atoms with E-state index in [0.717, 1.165) is 18.2 Å². The van der Waals surface area contributed by atoms with Gasteiger partial charge in [0.1, 0.15) is 18.8 Å². The van der Waals surface area contributed by atoms with E-state index in [0.29, 0.717) is 0 Å². The van der Waals surface area contributed by atoms with Crippen LogP contribution in [0.25, 0.3) is 0 Å². The zero-order valence-corrected chi connectivity index (χ0v) is 9.51. The third kappa shape index (κ3) is 5.40. The first-order chi connectivity index (χ1) is 8.81. The van der Waals surface area contributed by atoms with Crippen LogP contribution in [0.2, 0.25) is 0 Å². The molecule has 0 bridgehead atoms. The average molecular weight is 275 g/mol. The second-order valence-electron chi connectivity index (χ2n) is 3.49. The number of benzene rings is 1. The number of carbonyl (C=O) groups is 1. The molecule has 0 saturated heterocycles. The molecule has 1 rings (SSSR count). The minimum Gasteiger partial charge on any atom is -0.384 e. The molecule has 0 aromatic heterocycles. The van der Waals surface area contributed by atoms with Crippen molar-refractivity contribution in [2.75, 3.05) is 11.9 Å². The Balaban J connectivity index is 2.91. The Bertz CT molecular complexity index is 529. The van der Waals surface area contributed by atoms with Crippen LogP contribution in [-0.2, 0) is 4.79 Å². The van der Waals surface area contributed by atoms with Crippen LogP contribution < -0.4 is 5.32 Å². The van der Waals surface area contributed by atoms with Crippen molar-refractivity contribution in [1.29, 1.82) is 0 Å². The number of carbonyl (C=O) groups excluding carboxylic acids is 1. The van der Waals surface area contributed by atoms with Crippen LogP contribution in [0, 0.1) is 17.7 Å². The molecule has 0 aliphatic carbocycles. The molecule has 2 N–H and O–H groups in total. The summed E-state index contributed by atoms with van der Waals surface area (Å²) in [6.45, 7) is -0.494. The molecule has 0 spiro atoms. The number of halogens is 4. The van der Waals surface area contributed by atoms with E-state index in [1.807, 2.05) is 5.32 Å². The summed E-state index contributed by atoms with van der Waals surface area (Å²) in [6.07, 6.45) is -6.27. The highest BCUT2D eigenvalue weighted by Crippen LogP contribution is 2.22. The topological polar surface area (TPSA) is 49.3 Å². The fourth-order valence-corrected chi connectivity index (χ4v) is 1.24. The van der Waals surface area contributed by atoms with Crippen LogP contribution in [0.4, 0.5) is 23.2 Å². The number of aliphatic hydroxyl groups is 1. The van der Waals surface area contributed by atoms with Crippen molar-refractivity contribution in [2.24, 2.45) is 0 Å². The van der Waals surface area contributed by atoms with Crippen LogP contribution >= 0.6 is 0 Å². The van der Waals surface area contributed by atoms with E-state index < -0.39 is 30.9 Å². The van der Waals surface area contributed by atoms with E-state index in [1.165, 1.54) is 0 Å². The van der Waals surface area contributed by atoms with Gasteiger partial charge in [-0.15, -0.1) is 0 Å². The number of anilines is 1. The van der Waals surface area contributed by atoms with E-state index in [4.69, 9.17) is 5.11 Å². The zero-order chi connectivity index (χ0) is 14.5. The van der Waals surface area contributed by atoms with Crippen LogP contribution in [0.3, 0.4) is 0 Å². The van der Waals surface area contributed by atoms with Crippen molar-refractivity contribution < 1.29 is 27.5 Å². The van der Waals surface area contributed by atoms with Gasteiger partial charge >= 0.3 is 6.18 Å². The number of nitrogens with one attached hydrogen (secondary N) is 1. The fraction of sp³-hybridized carbons (Fsp3) is 0.250. The van der Waals surface area contributed by atoms with Gasteiger partial charge < -0.3 is 10.4 Å². The van der Waals surface area contributed by atoms with Gasteiger partial charge in [-0.3, -0.25) is 4.79 Å². The average Bonchev–Trinajstić information content (AvgIpc) is 2.27. The first-order valence-corrected chi connectivity index (χ1v) is 5.07. The molecule has 0 aliphatic rings. The molecule has 0 radical (unpaired) electrons. The normalized spacial score (nSPS) is 10.6. The summed E-state index contributed by atoms with van der Waals surface area (Å²) in [5.41, 5.74) is -0.0545. The Morgan fingerprint density at radius 3 is 2.63 bits per heavy atom. The molecule has 0 fully saturated rings. The minimum atomic E-state index is -4.62. The maximum atomic E-state index is 13.0. The monoisotopic (exact) mass is 275 g/mol. The van der Waals surface area contributed by atoms with Gasteiger partial charge in [-0.25, -0.2) is 4.39 Å². The Labute approximate surface area is 106 Å². The third-order valence-corrected chi connectivity index (χ3v) is 1.92. The van der Waals surface area contributed by atoms with Crippen molar-refractivity contribution >= 4 is 11.6 Å². The van der Waals surface area contributed by atoms with Gasteiger partial charge in [-0.2, -0.15) is 13.2 Å². The quantitative estimate of drug-likeness (QED) is 0.641. The molecule has 0 heterocycles. The van der Waals surface area contributed by atoms with Crippen molar-refractivity contribution in [3.63, 3.8) is 0 Å². The third-order valence-electron chi connectivity index (χ3n) is 1.92. The Kier molecular flexibility index (Phi) is 4.89. The van der Waals surface area contributed by atoms with Crippen LogP contribution in [0.1, 0.15) is 12.0 Å². The van der Waals surface area contributed by atoms with E-state index in [9.17, 15) is 22.4 Å². The largest absolute Gasteiger partial charge is 0.397 e. The van der Waals surface area contributed by atoms with E-state index in [2.05, 4.69) is 11.8 Å². The lowest BCUT2D eigenvalue weighted by Crippen LogP contribution is -2.21. The Hall–Kier alpha value is -2.07. The van der Waals surface area contributed by atoms with Gasteiger partial charge in [0.05, 0.1) is 11.3 Å². The summed E-state index contributed by atoms with van der Waals surface area (Å²) >= 11 is 0. The number of hydrogen-bond acceptors (Lipinski definition) is 2. The van der Waals surface area contributed by atoms with Crippen molar-refractivity contribution in [2.45, 2.75) is 12.6 Å². The van der Waals surface area contributed by atoms with Gasteiger partial charge in [-0.05, 0) is 18.2 Å². The molecule has 0 atom stereocenters. The molecule has 102 valence electrons. The predicted octanol–water partition coefficient (Wildman–Crippen LogP) is 2.06. The van der Waals surface area contributed by atoms with Gasteiger partial charge in [0.15, 0.2) is 0 Å². The second kappa shape index (κ2) is 6.20. The highest BCUT2D eigenvalue weighted by Gasteiger charge is 2.31. The number of alkyl halides is 3. The van der Waals surface area contributed by atoms with Crippen molar-refractivity contribution in [1.82, 2.24) is 0 Å². The molecule has 0 saturated carbocycles. The molecule has 7 heteroatoms. The van der Waals surface area contributed by atoms with Gasteiger partial charge in [-0.1, -0.05) is 11.8 Å². The standard InChI is InChI=1S/C12H9F4NO2/c13-9-3-4-10(8(6-9)2-1-5-18)17-11(19)7-12(14,15)16/h3-4,6,18H,5,7H2,(H,17,19). The van der Waals surface area contributed by atoms with E-state index >= 15 is 0 Å². The smallest absolute Gasteiger partial charge is 0.384 e. The highest BCUT2D eigenvalue weighted by atomic mass is 19.4.